The minimum atomic E-state index is -0.184. The van der Waals surface area contributed by atoms with Crippen molar-refractivity contribution >= 4 is 28.3 Å². The second kappa shape index (κ2) is 8.69. The van der Waals surface area contributed by atoms with Gasteiger partial charge < -0.3 is 25.7 Å². The number of carbonyl (C=O) groups excluding carboxylic acids is 1. The van der Waals surface area contributed by atoms with Gasteiger partial charge in [0.05, 0.1) is 23.5 Å². The number of ether oxygens (including phenoxy) is 1. The second-order valence-electron chi connectivity index (χ2n) is 7.79. The van der Waals surface area contributed by atoms with Crippen LogP contribution in [0.3, 0.4) is 0 Å². The van der Waals surface area contributed by atoms with Crippen molar-refractivity contribution in [3.8, 4) is 17.0 Å². The first-order chi connectivity index (χ1) is 14.6. The van der Waals surface area contributed by atoms with E-state index in [0.717, 1.165) is 45.7 Å². The van der Waals surface area contributed by atoms with E-state index in [0.29, 0.717) is 19.2 Å². The van der Waals surface area contributed by atoms with E-state index in [1.807, 2.05) is 50.2 Å². The molecule has 3 aromatic rings. The van der Waals surface area contributed by atoms with Crippen molar-refractivity contribution in [1.82, 2.24) is 9.88 Å². The number of nitrogens with two attached hydrogens (primary N) is 1. The van der Waals surface area contributed by atoms with Gasteiger partial charge in [0.15, 0.2) is 0 Å². The van der Waals surface area contributed by atoms with Crippen molar-refractivity contribution in [3.63, 3.8) is 0 Å². The van der Waals surface area contributed by atoms with Crippen LogP contribution < -0.4 is 21.1 Å². The fourth-order valence-corrected chi connectivity index (χ4v) is 4.02. The number of urea groups is 1. The molecule has 0 unspecified atom stereocenters. The molecule has 6 heteroatoms. The van der Waals surface area contributed by atoms with Crippen LogP contribution in [0.5, 0.6) is 5.75 Å². The molecular weight excluding hydrogens is 376 g/mol. The first-order valence-electron chi connectivity index (χ1n) is 10.8. The zero-order chi connectivity index (χ0) is 21.1. The molecule has 4 N–H and O–H groups in total. The number of anilines is 2. The molecule has 0 bridgehead atoms. The van der Waals surface area contributed by atoms with E-state index >= 15 is 0 Å². The second-order valence-corrected chi connectivity index (χ2v) is 7.79. The number of carbonyl (C=O) groups is 1. The third-order valence-electron chi connectivity index (χ3n) is 5.72. The van der Waals surface area contributed by atoms with E-state index < -0.39 is 0 Å². The van der Waals surface area contributed by atoms with Crippen molar-refractivity contribution in [2.75, 3.05) is 24.2 Å². The molecule has 0 atom stereocenters. The number of aromatic nitrogens is 1. The van der Waals surface area contributed by atoms with Crippen molar-refractivity contribution in [1.29, 1.82) is 0 Å². The zero-order valence-electron chi connectivity index (χ0n) is 17.7. The summed E-state index contributed by atoms with van der Waals surface area (Å²) in [5, 5.41) is 6.73. The Morgan fingerprint density at radius 2 is 1.93 bits per heavy atom. The number of hydrogen-bond donors (Lipinski definition) is 3. The molecule has 1 aromatic heterocycles. The number of hydrogen-bond acceptors (Lipinski definition) is 3. The van der Waals surface area contributed by atoms with Gasteiger partial charge in [0.2, 0.25) is 0 Å². The summed E-state index contributed by atoms with van der Waals surface area (Å²) in [4.78, 5) is 11.9. The Morgan fingerprint density at radius 1 is 1.17 bits per heavy atom. The minimum absolute atomic E-state index is 0.184. The Hall–Kier alpha value is -3.15. The van der Waals surface area contributed by atoms with Crippen LogP contribution in [0, 0.1) is 0 Å². The molecule has 0 aliphatic heterocycles. The van der Waals surface area contributed by atoms with Crippen molar-refractivity contribution < 1.29 is 9.53 Å². The van der Waals surface area contributed by atoms with Gasteiger partial charge in [0.1, 0.15) is 5.75 Å². The maximum Gasteiger partial charge on any atom is 0.319 e. The van der Waals surface area contributed by atoms with Crippen LogP contribution in [0.2, 0.25) is 0 Å². The SMILES string of the molecule is CCCNC(=O)Nc1ccc(-c2c(N)c3cc(OCC)ccc3n2C2CCC2)cc1. The maximum atomic E-state index is 11.9. The number of amides is 2. The van der Waals surface area contributed by atoms with Gasteiger partial charge in [-0.1, -0.05) is 19.1 Å². The highest BCUT2D eigenvalue weighted by molar-refractivity contribution is 6.02. The van der Waals surface area contributed by atoms with E-state index in [2.05, 4.69) is 21.3 Å². The molecule has 2 aromatic carbocycles. The lowest BCUT2D eigenvalue weighted by Gasteiger charge is -2.30. The third kappa shape index (κ3) is 3.82. The molecule has 158 valence electrons. The minimum Gasteiger partial charge on any atom is -0.494 e. The smallest absolute Gasteiger partial charge is 0.319 e. The number of nitrogens with one attached hydrogen (secondary N) is 2. The third-order valence-corrected chi connectivity index (χ3v) is 5.72. The van der Waals surface area contributed by atoms with E-state index in [1.165, 1.54) is 19.3 Å². The summed E-state index contributed by atoms with van der Waals surface area (Å²) in [6.07, 6.45) is 4.49. The molecule has 1 saturated carbocycles. The van der Waals surface area contributed by atoms with Crippen molar-refractivity contribution in [2.45, 2.75) is 45.6 Å². The molecular formula is C24H30N4O2. The number of nitrogen functional groups attached to an aromatic ring is 1. The van der Waals surface area contributed by atoms with Gasteiger partial charge in [-0.3, -0.25) is 0 Å². The number of nitrogens with zero attached hydrogens (tertiary/aromatic N) is 1. The highest BCUT2D eigenvalue weighted by Crippen LogP contribution is 2.44. The summed E-state index contributed by atoms with van der Waals surface area (Å²) in [6, 6.07) is 14.4. The summed E-state index contributed by atoms with van der Waals surface area (Å²) in [5.74, 6) is 0.839. The van der Waals surface area contributed by atoms with Gasteiger partial charge in [-0.15, -0.1) is 0 Å². The van der Waals surface area contributed by atoms with Crippen LogP contribution in [0.25, 0.3) is 22.2 Å². The molecule has 1 fully saturated rings. The fraction of sp³-hybridized carbons (Fsp3) is 0.375. The summed E-state index contributed by atoms with van der Waals surface area (Å²) < 4.78 is 8.08. The van der Waals surface area contributed by atoms with Crippen molar-refractivity contribution in [2.24, 2.45) is 0 Å². The Labute approximate surface area is 177 Å². The first kappa shape index (κ1) is 20.1. The average molecular weight is 407 g/mol. The maximum absolute atomic E-state index is 11.9. The largest absolute Gasteiger partial charge is 0.494 e. The van der Waals surface area contributed by atoms with E-state index in [-0.39, 0.29) is 6.03 Å². The number of rotatable bonds is 7. The lowest BCUT2D eigenvalue weighted by Crippen LogP contribution is -2.29. The number of benzene rings is 2. The summed E-state index contributed by atoms with van der Waals surface area (Å²) in [5.41, 5.74) is 11.5. The van der Waals surface area contributed by atoms with E-state index in [4.69, 9.17) is 10.5 Å². The van der Waals surface area contributed by atoms with E-state index in [1.54, 1.807) is 0 Å². The standard InChI is InChI=1S/C24H30N4O2/c1-3-14-26-24(29)27-17-10-8-16(9-11-17)23-22(25)20-15-19(30-4-2)12-13-21(20)28(23)18-6-5-7-18/h8-13,15,18H,3-7,14,25H2,1-2H3,(H2,26,27,29). The Bertz CT molecular complexity index is 1040. The predicted octanol–water partition coefficient (Wildman–Crippen LogP) is 5.55. The molecule has 4 rings (SSSR count). The topological polar surface area (TPSA) is 81.3 Å². The molecule has 2 amide bonds. The van der Waals surface area contributed by atoms with Gasteiger partial charge in [0, 0.05) is 29.2 Å². The molecule has 1 aliphatic carbocycles. The van der Waals surface area contributed by atoms with Gasteiger partial charge in [-0.25, -0.2) is 4.79 Å². The van der Waals surface area contributed by atoms with Crippen LogP contribution in [0.15, 0.2) is 42.5 Å². The summed E-state index contributed by atoms with van der Waals surface area (Å²) >= 11 is 0. The van der Waals surface area contributed by atoms with Crippen LogP contribution in [-0.4, -0.2) is 23.7 Å². The lowest BCUT2D eigenvalue weighted by atomic mass is 9.92. The molecule has 6 nitrogen and oxygen atoms in total. The van der Waals surface area contributed by atoms with Crippen LogP contribution in [0.1, 0.15) is 45.6 Å². The number of fused-ring (bicyclic) bond motifs is 1. The quantitative estimate of drug-likeness (QED) is 0.481. The van der Waals surface area contributed by atoms with Crippen LogP contribution in [-0.2, 0) is 0 Å². The van der Waals surface area contributed by atoms with Crippen LogP contribution in [0.4, 0.5) is 16.2 Å². The molecule has 1 heterocycles. The van der Waals surface area contributed by atoms with Crippen LogP contribution >= 0.6 is 0 Å². The van der Waals surface area contributed by atoms with Gasteiger partial charge >= 0.3 is 6.03 Å². The summed E-state index contributed by atoms with van der Waals surface area (Å²) in [6.45, 7) is 5.29. The summed E-state index contributed by atoms with van der Waals surface area (Å²) in [7, 11) is 0. The van der Waals surface area contributed by atoms with Crippen molar-refractivity contribution in [3.05, 3.63) is 42.5 Å². The molecule has 30 heavy (non-hydrogen) atoms. The molecule has 0 radical (unpaired) electrons. The average Bonchev–Trinajstić information content (AvgIpc) is 2.98. The van der Waals surface area contributed by atoms with Gasteiger partial charge in [0.25, 0.3) is 0 Å². The van der Waals surface area contributed by atoms with E-state index in [9.17, 15) is 4.79 Å². The highest BCUT2D eigenvalue weighted by atomic mass is 16.5. The first-order valence-corrected chi connectivity index (χ1v) is 10.8. The molecule has 0 spiro atoms. The Morgan fingerprint density at radius 3 is 2.57 bits per heavy atom. The van der Waals surface area contributed by atoms with Gasteiger partial charge in [-0.2, -0.15) is 0 Å². The lowest BCUT2D eigenvalue weighted by molar-refractivity contribution is 0.252. The molecule has 1 aliphatic rings. The Kier molecular flexibility index (Phi) is 5.84. The Balaban J connectivity index is 1.70. The molecule has 0 saturated heterocycles. The zero-order valence-corrected chi connectivity index (χ0v) is 17.7. The fourth-order valence-electron chi connectivity index (χ4n) is 4.02. The normalized spacial score (nSPS) is 13.8. The predicted molar refractivity (Wildman–Crippen MR) is 123 cm³/mol. The monoisotopic (exact) mass is 406 g/mol. The highest BCUT2D eigenvalue weighted by Gasteiger charge is 2.27. The van der Waals surface area contributed by atoms with Gasteiger partial charge in [-0.05, 0) is 62.9 Å².